The molecule has 1 unspecified atom stereocenters. The lowest BCUT2D eigenvalue weighted by molar-refractivity contribution is -0.147. The Morgan fingerprint density at radius 3 is 2.71 bits per heavy atom. The van der Waals surface area contributed by atoms with Gasteiger partial charge in [-0.25, -0.2) is 0 Å². The molecule has 0 aromatic carbocycles. The van der Waals surface area contributed by atoms with Crippen molar-refractivity contribution >= 4 is 11.6 Å². The van der Waals surface area contributed by atoms with Crippen LogP contribution in [0.1, 0.15) is 32.1 Å². The van der Waals surface area contributed by atoms with Crippen LogP contribution in [0.2, 0.25) is 0 Å². The number of rotatable bonds is 1. The zero-order valence-corrected chi connectivity index (χ0v) is 10.1. The smallest absolute Gasteiger partial charge is 0.157 e. The van der Waals surface area contributed by atoms with Gasteiger partial charge in [0.2, 0.25) is 0 Å². The van der Waals surface area contributed by atoms with Crippen molar-refractivity contribution in [3.8, 4) is 0 Å². The summed E-state index contributed by atoms with van der Waals surface area (Å²) in [6.45, 7) is 0. The topological polar surface area (TPSA) is 52.6 Å². The van der Waals surface area contributed by atoms with Gasteiger partial charge in [-0.15, -0.1) is 0 Å². The third-order valence-corrected chi connectivity index (χ3v) is 4.57. The molecule has 0 N–H and O–H groups in total. The zero-order valence-electron chi connectivity index (χ0n) is 10.1. The highest BCUT2D eigenvalue weighted by molar-refractivity contribution is 5.93. The first-order valence-electron chi connectivity index (χ1n) is 6.44. The summed E-state index contributed by atoms with van der Waals surface area (Å²) in [5.41, 5.74) is 0. The number of ketones is 2. The molecule has 0 bridgehead atoms. The first kappa shape index (κ1) is 11.4. The summed E-state index contributed by atoms with van der Waals surface area (Å²) in [6.07, 6.45) is 3.29. The Bertz CT molecular complexity index is 351. The number of methoxy groups -OCH3 is 1. The van der Waals surface area contributed by atoms with Crippen LogP contribution >= 0.6 is 0 Å². The van der Waals surface area contributed by atoms with E-state index in [1.54, 1.807) is 7.11 Å². The van der Waals surface area contributed by atoms with Crippen LogP contribution in [0.4, 0.5) is 0 Å². The predicted octanol–water partition coefficient (Wildman–Crippen LogP) is 1.32. The van der Waals surface area contributed by atoms with Gasteiger partial charge in [0, 0.05) is 32.3 Å². The monoisotopic (exact) mass is 238 g/mol. The first-order valence-corrected chi connectivity index (χ1v) is 6.44. The average Bonchev–Trinajstić information content (AvgIpc) is 2.86. The Morgan fingerprint density at radius 2 is 1.94 bits per heavy atom. The second-order valence-electron chi connectivity index (χ2n) is 5.40. The molecule has 0 amide bonds. The third-order valence-electron chi connectivity index (χ3n) is 4.57. The molecule has 1 aliphatic heterocycles. The van der Waals surface area contributed by atoms with E-state index in [1.165, 1.54) is 0 Å². The summed E-state index contributed by atoms with van der Waals surface area (Å²) in [6, 6.07) is 0. The van der Waals surface area contributed by atoms with Gasteiger partial charge in [-0.3, -0.25) is 9.59 Å². The minimum absolute atomic E-state index is 0.0758. The summed E-state index contributed by atoms with van der Waals surface area (Å²) >= 11 is 0. The van der Waals surface area contributed by atoms with Crippen molar-refractivity contribution in [1.82, 2.24) is 0 Å². The first-order chi connectivity index (χ1) is 8.20. The van der Waals surface area contributed by atoms with E-state index in [4.69, 9.17) is 9.47 Å². The molecule has 1 saturated heterocycles. The van der Waals surface area contributed by atoms with Crippen molar-refractivity contribution < 1.29 is 19.1 Å². The maximum atomic E-state index is 12.0. The summed E-state index contributed by atoms with van der Waals surface area (Å²) in [5.74, 6) is 0.550. The van der Waals surface area contributed by atoms with Crippen LogP contribution < -0.4 is 0 Å². The van der Waals surface area contributed by atoms with E-state index in [2.05, 4.69) is 0 Å². The fraction of sp³-hybridized carbons (Fsp3) is 0.846. The van der Waals surface area contributed by atoms with Gasteiger partial charge < -0.3 is 9.47 Å². The number of Topliss-reactive ketones (excluding diaryl/α,β-unsaturated/α-hetero) is 2. The predicted molar refractivity (Wildman–Crippen MR) is 59.2 cm³/mol. The Labute approximate surface area is 101 Å². The number of carbonyl (C=O) groups is 2. The average molecular weight is 238 g/mol. The molecule has 3 aliphatic rings. The van der Waals surface area contributed by atoms with E-state index in [0.717, 1.165) is 19.3 Å². The van der Waals surface area contributed by atoms with E-state index in [0.29, 0.717) is 18.8 Å². The lowest BCUT2D eigenvalue weighted by atomic mass is 9.85. The van der Waals surface area contributed by atoms with Crippen molar-refractivity contribution in [3.05, 3.63) is 0 Å². The summed E-state index contributed by atoms with van der Waals surface area (Å²) in [4.78, 5) is 24.0. The Hall–Kier alpha value is -0.740. The number of ether oxygens (including phenoxy) is 2. The summed E-state index contributed by atoms with van der Waals surface area (Å²) in [5, 5.41) is 0. The quantitative estimate of drug-likeness (QED) is 0.691. The van der Waals surface area contributed by atoms with E-state index in [1.807, 2.05) is 0 Å². The lowest BCUT2D eigenvalue weighted by Crippen LogP contribution is -2.34. The van der Waals surface area contributed by atoms with Crippen molar-refractivity contribution in [2.75, 3.05) is 7.11 Å². The van der Waals surface area contributed by atoms with E-state index >= 15 is 0 Å². The van der Waals surface area contributed by atoms with Crippen LogP contribution in [0.3, 0.4) is 0 Å². The molecule has 94 valence electrons. The number of carbonyl (C=O) groups excluding carboxylic acids is 2. The van der Waals surface area contributed by atoms with E-state index in [-0.39, 0.29) is 35.8 Å². The van der Waals surface area contributed by atoms with E-state index in [9.17, 15) is 9.59 Å². The van der Waals surface area contributed by atoms with Gasteiger partial charge in [0.15, 0.2) is 6.29 Å². The lowest BCUT2D eigenvalue weighted by Gasteiger charge is -2.23. The second kappa shape index (κ2) is 4.18. The molecule has 0 radical (unpaired) electrons. The fourth-order valence-corrected chi connectivity index (χ4v) is 3.69. The van der Waals surface area contributed by atoms with Gasteiger partial charge in [0.25, 0.3) is 0 Å². The Kier molecular flexibility index (Phi) is 2.79. The van der Waals surface area contributed by atoms with Crippen molar-refractivity contribution in [3.63, 3.8) is 0 Å². The molecule has 4 nitrogen and oxygen atoms in total. The highest BCUT2D eigenvalue weighted by Crippen LogP contribution is 2.45. The molecule has 5 atom stereocenters. The van der Waals surface area contributed by atoms with Crippen molar-refractivity contribution in [1.29, 1.82) is 0 Å². The molecule has 17 heavy (non-hydrogen) atoms. The van der Waals surface area contributed by atoms with Crippen LogP contribution in [-0.2, 0) is 19.1 Å². The minimum atomic E-state index is -0.188. The molecular weight excluding hydrogens is 220 g/mol. The largest absolute Gasteiger partial charge is 0.356 e. The highest BCUT2D eigenvalue weighted by Gasteiger charge is 2.52. The minimum Gasteiger partial charge on any atom is -0.356 e. The van der Waals surface area contributed by atoms with Crippen LogP contribution in [0.15, 0.2) is 0 Å². The number of hydrogen-bond acceptors (Lipinski definition) is 4. The number of fused-ring (bicyclic) bond motifs is 3. The summed E-state index contributed by atoms with van der Waals surface area (Å²) in [7, 11) is 1.63. The molecule has 0 aromatic heterocycles. The number of hydrogen-bond donors (Lipinski definition) is 0. The Morgan fingerprint density at radius 1 is 1.18 bits per heavy atom. The third kappa shape index (κ3) is 1.74. The molecule has 3 rings (SSSR count). The molecule has 3 fully saturated rings. The second-order valence-corrected chi connectivity index (χ2v) is 5.40. The molecule has 0 spiro atoms. The van der Waals surface area contributed by atoms with Crippen LogP contribution in [0.5, 0.6) is 0 Å². The SMILES string of the molecule is COC1C[C@@H]2CCC(=O)[C@@H]3CCC(=O)[C@@H]3[C@H]2O1. The van der Waals surface area contributed by atoms with Crippen LogP contribution in [-0.4, -0.2) is 31.1 Å². The molecule has 1 heterocycles. The van der Waals surface area contributed by atoms with E-state index < -0.39 is 0 Å². The van der Waals surface area contributed by atoms with Gasteiger partial charge >= 0.3 is 0 Å². The molecule has 2 saturated carbocycles. The van der Waals surface area contributed by atoms with Gasteiger partial charge in [0.1, 0.15) is 11.6 Å². The normalized spacial score (nSPS) is 45.6. The van der Waals surface area contributed by atoms with Gasteiger partial charge in [-0.2, -0.15) is 0 Å². The van der Waals surface area contributed by atoms with Crippen molar-refractivity contribution in [2.45, 2.75) is 44.5 Å². The zero-order chi connectivity index (χ0) is 12.0. The van der Waals surface area contributed by atoms with Gasteiger partial charge in [-0.1, -0.05) is 0 Å². The Balaban J connectivity index is 1.88. The molecular formula is C13H18O4. The molecule has 4 heteroatoms. The molecule has 0 aromatic rings. The highest BCUT2D eigenvalue weighted by atomic mass is 16.7. The standard InChI is InChI=1S/C13H18O4/c1-16-11-6-7-2-4-9(14)8-3-5-10(15)12(8)13(7)17-11/h7-8,11-13H,2-6H2,1H3/t7-,8-,11?,12+,13-/m0/s1. The maximum Gasteiger partial charge on any atom is 0.157 e. The summed E-state index contributed by atoms with van der Waals surface area (Å²) < 4.78 is 11.1. The van der Waals surface area contributed by atoms with Gasteiger partial charge in [-0.05, 0) is 18.8 Å². The molecule has 2 aliphatic carbocycles. The maximum absolute atomic E-state index is 12.0. The van der Waals surface area contributed by atoms with Crippen molar-refractivity contribution in [2.24, 2.45) is 17.8 Å². The van der Waals surface area contributed by atoms with Crippen LogP contribution in [0, 0.1) is 17.8 Å². The fourth-order valence-electron chi connectivity index (χ4n) is 3.69. The van der Waals surface area contributed by atoms with Crippen LogP contribution in [0.25, 0.3) is 0 Å². The van der Waals surface area contributed by atoms with Gasteiger partial charge in [0.05, 0.1) is 12.0 Å².